The van der Waals surface area contributed by atoms with Crippen molar-refractivity contribution in [1.29, 1.82) is 0 Å². The van der Waals surface area contributed by atoms with Gasteiger partial charge in [-0.15, -0.1) is 0 Å². The Kier molecular flexibility index (Phi) is 4.99. The van der Waals surface area contributed by atoms with E-state index >= 15 is 0 Å². The molecule has 0 radical (unpaired) electrons. The van der Waals surface area contributed by atoms with Crippen LogP contribution in [0.3, 0.4) is 0 Å². The van der Waals surface area contributed by atoms with Gasteiger partial charge >= 0.3 is 5.97 Å². The molecule has 1 saturated heterocycles. The summed E-state index contributed by atoms with van der Waals surface area (Å²) in [5, 5.41) is 3.44. The lowest BCUT2D eigenvalue weighted by Gasteiger charge is -2.29. The Labute approximate surface area is 113 Å². The SMILES string of the molecule is CCNC(c1ccc(C(=O)OC)o1)C1CCOCC1. The van der Waals surface area contributed by atoms with E-state index in [1.165, 1.54) is 7.11 Å². The first kappa shape index (κ1) is 14.1. The Morgan fingerprint density at radius 2 is 2.21 bits per heavy atom. The van der Waals surface area contributed by atoms with Crippen LogP contribution in [0.2, 0.25) is 0 Å². The summed E-state index contributed by atoms with van der Waals surface area (Å²) >= 11 is 0. The largest absolute Gasteiger partial charge is 0.463 e. The molecule has 0 spiro atoms. The summed E-state index contributed by atoms with van der Waals surface area (Å²) in [6.45, 7) is 4.50. The third-order valence-corrected chi connectivity index (χ3v) is 3.48. The first-order valence-electron chi connectivity index (χ1n) is 6.75. The van der Waals surface area contributed by atoms with E-state index in [-0.39, 0.29) is 11.8 Å². The second kappa shape index (κ2) is 6.73. The van der Waals surface area contributed by atoms with Crippen LogP contribution in [0.5, 0.6) is 0 Å². The summed E-state index contributed by atoms with van der Waals surface area (Å²) in [6, 6.07) is 3.66. The zero-order valence-electron chi connectivity index (χ0n) is 11.5. The molecule has 106 valence electrons. The Bertz CT molecular complexity index is 409. The van der Waals surface area contributed by atoms with Crippen LogP contribution in [-0.2, 0) is 9.47 Å². The van der Waals surface area contributed by atoms with Crippen molar-refractivity contribution in [2.45, 2.75) is 25.8 Å². The number of ether oxygens (including phenoxy) is 2. The Hall–Kier alpha value is -1.33. The quantitative estimate of drug-likeness (QED) is 0.828. The van der Waals surface area contributed by atoms with Gasteiger partial charge in [0.2, 0.25) is 5.76 Å². The average Bonchev–Trinajstić information content (AvgIpc) is 2.94. The van der Waals surface area contributed by atoms with E-state index in [0.717, 1.165) is 38.4 Å². The summed E-state index contributed by atoms with van der Waals surface area (Å²) in [4.78, 5) is 11.4. The van der Waals surface area contributed by atoms with Crippen molar-refractivity contribution in [3.8, 4) is 0 Å². The van der Waals surface area contributed by atoms with Gasteiger partial charge in [-0.05, 0) is 37.4 Å². The molecule has 1 atom stereocenters. The molecule has 5 heteroatoms. The fourth-order valence-corrected chi connectivity index (χ4v) is 2.50. The molecule has 2 heterocycles. The van der Waals surface area contributed by atoms with E-state index in [2.05, 4.69) is 17.0 Å². The molecule has 1 aliphatic rings. The summed E-state index contributed by atoms with van der Waals surface area (Å²) in [5.74, 6) is 1.10. The van der Waals surface area contributed by atoms with Crippen molar-refractivity contribution < 1.29 is 18.7 Å². The highest BCUT2D eigenvalue weighted by Crippen LogP contribution is 2.31. The van der Waals surface area contributed by atoms with Gasteiger partial charge in [0.1, 0.15) is 5.76 Å². The van der Waals surface area contributed by atoms with Crippen LogP contribution in [0, 0.1) is 5.92 Å². The minimum absolute atomic E-state index is 0.132. The molecular formula is C14H21NO4. The fraction of sp³-hybridized carbons (Fsp3) is 0.643. The monoisotopic (exact) mass is 267 g/mol. The zero-order valence-corrected chi connectivity index (χ0v) is 11.5. The topological polar surface area (TPSA) is 60.7 Å². The molecule has 0 saturated carbocycles. The highest BCUT2D eigenvalue weighted by molar-refractivity contribution is 5.86. The fourth-order valence-electron chi connectivity index (χ4n) is 2.50. The Morgan fingerprint density at radius 1 is 1.47 bits per heavy atom. The van der Waals surface area contributed by atoms with Crippen LogP contribution in [0.15, 0.2) is 16.5 Å². The number of hydrogen-bond donors (Lipinski definition) is 1. The normalized spacial score (nSPS) is 18.2. The number of rotatable bonds is 5. The van der Waals surface area contributed by atoms with Gasteiger partial charge in [0.25, 0.3) is 0 Å². The minimum atomic E-state index is -0.437. The third kappa shape index (κ3) is 3.36. The van der Waals surface area contributed by atoms with Gasteiger partial charge in [-0.1, -0.05) is 6.92 Å². The number of esters is 1. The van der Waals surface area contributed by atoms with Crippen LogP contribution in [-0.4, -0.2) is 32.8 Å². The van der Waals surface area contributed by atoms with Crippen LogP contribution >= 0.6 is 0 Å². The molecule has 1 fully saturated rings. The molecule has 1 unspecified atom stereocenters. The summed E-state index contributed by atoms with van der Waals surface area (Å²) in [5.41, 5.74) is 0. The molecule has 1 aromatic heterocycles. The molecule has 2 rings (SSSR count). The van der Waals surface area contributed by atoms with Crippen LogP contribution < -0.4 is 5.32 Å². The van der Waals surface area contributed by atoms with E-state index in [1.54, 1.807) is 6.07 Å². The Balaban J connectivity index is 2.13. The van der Waals surface area contributed by atoms with Gasteiger partial charge in [0.05, 0.1) is 13.2 Å². The maximum Gasteiger partial charge on any atom is 0.373 e. The van der Waals surface area contributed by atoms with Crippen molar-refractivity contribution in [2.75, 3.05) is 26.9 Å². The van der Waals surface area contributed by atoms with Gasteiger partial charge in [-0.2, -0.15) is 0 Å². The molecular weight excluding hydrogens is 246 g/mol. The van der Waals surface area contributed by atoms with Gasteiger partial charge in [-0.25, -0.2) is 4.79 Å². The Morgan fingerprint density at radius 3 is 2.84 bits per heavy atom. The molecule has 0 aromatic carbocycles. The number of carbonyl (C=O) groups is 1. The molecule has 19 heavy (non-hydrogen) atoms. The second-order valence-corrected chi connectivity index (χ2v) is 4.68. The standard InChI is InChI=1S/C14H21NO4/c1-3-15-13(10-6-8-18-9-7-10)11-4-5-12(19-11)14(16)17-2/h4-5,10,13,15H,3,6-9H2,1-2H3. The number of carbonyl (C=O) groups excluding carboxylic acids is 1. The van der Waals surface area contributed by atoms with Crippen molar-refractivity contribution in [3.05, 3.63) is 23.7 Å². The molecule has 5 nitrogen and oxygen atoms in total. The number of hydrogen-bond acceptors (Lipinski definition) is 5. The second-order valence-electron chi connectivity index (χ2n) is 4.68. The summed E-state index contributed by atoms with van der Waals surface area (Å²) < 4.78 is 15.7. The van der Waals surface area contributed by atoms with Crippen molar-refractivity contribution in [1.82, 2.24) is 5.32 Å². The van der Waals surface area contributed by atoms with Gasteiger partial charge in [-0.3, -0.25) is 0 Å². The zero-order chi connectivity index (χ0) is 13.7. The lowest BCUT2D eigenvalue weighted by Crippen LogP contribution is -2.31. The maximum atomic E-state index is 11.4. The highest BCUT2D eigenvalue weighted by atomic mass is 16.5. The predicted molar refractivity (Wildman–Crippen MR) is 70.0 cm³/mol. The summed E-state index contributed by atoms with van der Waals surface area (Å²) in [7, 11) is 1.35. The van der Waals surface area contributed by atoms with E-state index < -0.39 is 5.97 Å². The van der Waals surface area contributed by atoms with Crippen LogP contribution in [0.25, 0.3) is 0 Å². The third-order valence-electron chi connectivity index (χ3n) is 3.48. The minimum Gasteiger partial charge on any atom is -0.463 e. The van der Waals surface area contributed by atoms with E-state index in [1.807, 2.05) is 6.07 Å². The van der Waals surface area contributed by atoms with E-state index in [0.29, 0.717) is 5.92 Å². The van der Waals surface area contributed by atoms with Crippen molar-refractivity contribution >= 4 is 5.97 Å². The molecule has 0 amide bonds. The van der Waals surface area contributed by atoms with Gasteiger partial charge in [0, 0.05) is 13.2 Å². The highest BCUT2D eigenvalue weighted by Gasteiger charge is 2.27. The molecule has 1 aliphatic heterocycles. The van der Waals surface area contributed by atoms with Crippen molar-refractivity contribution in [3.63, 3.8) is 0 Å². The van der Waals surface area contributed by atoms with Crippen LogP contribution in [0.4, 0.5) is 0 Å². The predicted octanol–water partition coefficient (Wildman–Crippen LogP) is 2.14. The van der Waals surface area contributed by atoms with Gasteiger partial charge < -0.3 is 19.2 Å². The smallest absolute Gasteiger partial charge is 0.373 e. The molecule has 0 bridgehead atoms. The number of furan rings is 1. The van der Waals surface area contributed by atoms with E-state index in [9.17, 15) is 4.79 Å². The average molecular weight is 267 g/mol. The lowest BCUT2D eigenvalue weighted by molar-refractivity contribution is 0.0485. The first-order valence-corrected chi connectivity index (χ1v) is 6.75. The lowest BCUT2D eigenvalue weighted by atomic mass is 9.90. The first-order chi connectivity index (χ1) is 9.26. The summed E-state index contributed by atoms with van der Waals surface area (Å²) in [6.07, 6.45) is 2.01. The van der Waals surface area contributed by atoms with Crippen LogP contribution in [0.1, 0.15) is 42.1 Å². The molecule has 1 N–H and O–H groups in total. The maximum absolute atomic E-state index is 11.4. The number of methoxy groups -OCH3 is 1. The molecule has 0 aliphatic carbocycles. The number of nitrogens with one attached hydrogen (secondary N) is 1. The van der Waals surface area contributed by atoms with Gasteiger partial charge in [0.15, 0.2) is 0 Å². The van der Waals surface area contributed by atoms with E-state index in [4.69, 9.17) is 9.15 Å². The molecule has 1 aromatic rings. The van der Waals surface area contributed by atoms with Crippen molar-refractivity contribution in [2.24, 2.45) is 5.92 Å².